The van der Waals surface area contributed by atoms with E-state index >= 15 is 0 Å². The SMILES string of the molecule is C[C@H](NC(=O)[C@@H]1CC[C@H](NC(=O)OCC2c3ccccc3-c3ccccc32)C1)C(=O)O. The van der Waals surface area contributed by atoms with E-state index in [0.717, 1.165) is 11.1 Å². The Morgan fingerprint density at radius 2 is 1.65 bits per heavy atom. The fourth-order valence-corrected chi connectivity index (χ4v) is 4.55. The summed E-state index contributed by atoms with van der Waals surface area (Å²) in [6.45, 7) is 1.67. The van der Waals surface area contributed by atoms with Crippen molar-refractivity contribution in [2.24, 2.45) is 5.92 Å². The molecule has 3 N–H and O–H groups in total. The molecule has 0 bridgehead atoms. The summed E-state index contributed by atoms with van der Waals surface area (Å²) in [4.78, 5) is 35.5. The summed E-state index contributed by atoms with van der Waals surface area (Å²) in [7, 11) is 0. The third kappa shape index (κ3) is 4.40. The van der Waals surface area contributed by atoms with E-state index in [0.29, 0.717) is 19.3 Å². The topological polar surface area (TPSA) is 105 Å². The summed E-state index contributed by atoms with van der Waals surface area (Å²) in [5.41, 5.74) is 4.66. The number of hydrogen-bond acceptors (Lipinski definition) is 4. The Labute approximate surface area is 180 Å². The number of ether oxygens (including phenoxy) is 1. The predicted molar refractivity (Wildman–Crippen MR) is 115 cm³/mol. The molecule has 1 fully saturated rings. The fraction of sp³-hybridized carbons (Fsp3) is 0.375. The zero-order valence-corrected chi connectivity index (χ0v) is 17.3. The molecular weight excluding hydrogens is 396 g/mol. The molecule has 31 heavy (non-hydrogen) atoms. The lowest BCUT2D eigenvalue weighted by Crippen LogP contribution is -2.41. The first kappa shape index (κ1) is 20.9. The van der Waals surface area contributed by atoms with Crippen LogP contribution in [0, 0.1) is 5.92 Å². The third-order valence-corrected chi connectivity index (χ3v) is 6.20. The summed E-state index contributed by atoms with van der Waals surface area (Å²) >= 11 is 0. The van der Waals surface area contributed by atoms with Crippen LogP contribution in [0.4, 0.5) is 4.79 Å². The normalized spacial score (nSPS) is 20.4. The number of benzene rings is 2. The molecule has 0 unspecified atom stereocenters. The second-order valence-electron chi connectivity index (χ2n) is 8.25. The van der Waals surface area contributed by atoms with Gasteiger partial charge < -0.3 is 20.5 Å². The van der Waals surface area contributed by atoms with Gasteiger partial charge in [-0.05, 0) is 48.4 Å². The van der Waals surface area contributed by atoms with E-state index in [2.05, 4.69) is 34.9 Å². The monoisotopic (exact) mass is 422 g/mol. The van der Waals surface area contributed by atoms with Crippen LogP contribution >= 0.6 is 0 Å². The van der Waals surface area contributed by atoms with Gasteiger partial charge in [-0.15, -0.1) is 0 Å². The Bertz CT molecular complexity index is 959. The Morgan fingerprint density at radius 1 is 1.03 bits per heavy atom. The van der Waals surface area contributed by atoms with Crippen molar-refractivity contribution in [2.75, 3.05) is 6.61 Å². The Morgan fingerprint density at radius 3 is 2.26 bits per heavy atom. The van der Waals surface area contributed by atoms with Crippen molar-refractivity contribution >= 4 is 18.0 Å². The van der Waals surface area contributed by atoms with Crippen LogP contribution < -0.4 is 10.6 Å². The van der Waals surface area contributed by atoms with Gasteiger partial charge in [0.2, 0.25) is 5.91 Å². The molecular formula is C24H26N2O5. The number of carboxylic acids is 1. The van der Waals surface area contributed by atoms with Crippen molar-refractivity contribution in [2.45, 2.75) is 44.2 Å². The van der Waals surface area contributed by atoms with Gasteiger partial charge in [0.1, 0.15) is 12.6 Å². The molecule has 2 aliphatic rings. The van der Waals surface area contributed by atoms with Gasteiger partial charge >= 0.3 is 12.1 Å². The van der Waals surface area contributed by atoms with Crippen molar-refractivity contribution in [3.63, 3.8) is 0 Å². The minimum Gasteiger partial charge on any atom is -0.480 e. The quantitative estimate of drug-likeness (QED) is 0.663. The lowest BCUT2D eigenvalue weighted by molar-refractivity contribution is -0.141. The first-order valence-electron chi connectivity index (χ1n) is 10.6. The van der Waals surface area contributed by atoms with E-state index in [4.69, 9.17) is 9.84 Å². The van der Waals surface area contributed by atoms with Crippen LogP contribution in [0.1, 0.15) is 43.2 Å². The molecule has 3 atom stereocenters. The average Bonchev–Trinajstić information content (AvgIpc) is 3.35. The van der Waals surface area contributed by atoms with E-state index < -0.39 is 18.1 Å². The maximum atomic E-state index is 12.4. The van der Waals surface area contributed by atoms with Crippen molar-refractivity contribution < 1.29 is 24.2 Å². The van der Waals surface area contributed by atoms with Crippen LogP contribution in [0.5, 0.6) is 0 Å². The molecule has 162 valence electrons. The molecule has 1 saturated carbocycles. The first-order chi connectivity index (χ1) is 14.9. The minimum atomic E-state index is -1.07. The fourth-order valence-electron chi connectivity index (χ4n) is 4.55. The Balaban J connectivity index is 1.31. The lowest BCUT2D eigenvalue weighted by atomic mass is 9.98. The van der Waals surface area contributed by atoms with Crippen LogP contribution in [-0.2, 0) is 14.3 Å². The van der Waals surface area contributed by atoms with Crippen molar-refractivity contribution in [1.29, 1.82) is 0 Å². The predicted octanol–water partition coefficient (Wildman–Crippen LogP) is 3.28. The van der Waals surface area contributed by atoms with Crippen LogP contribution in [0.15, 0.2) is 48.5 Å². The molecule has 0 aliphatic heterocycles. The summed E-state index contributed by atoms with van der Waals surface area (Å²) < 4.78 is 5.57. The van der Waals surface area contributed by atoms with Crippen LogP contribution in [-0.4, -0.2) is 41.8 Å². The second kappa shape index (κ2) is 8.79. The summed E-state index contributed by atoms with van der Waals surface area (Å²) in [6, 6.07) is 15.2. The maximum Gasteiger partial charge on any atom is 0.407 e. The number of aliphatic carboxylic acids is 1. The molecule has 0 spiro atoms. The van der Waals surface area contributed by atoms with Crippen LogP contribution in [0.3, 0.4) is 0 Å². The largest absolute Gasteiger partial charge is 0.480 e. The molecule has 2 aliphatic carbocycles. The molecule has 2 aromatic rings. The molecule has 2 aromatic carbocycles. The van der Waals surface area contributed by atoms with Gasteiger partial charge in [-0.2, -0.15) is 0 Å². The van der Waals surface area contributed by atoms with Gasteiger partial charge in [-0.3, -0.25) is 9.59 Å². The maximum absolute atomic E-state index is 12.4. The number of hydrogen-bond donors (Lipinski definition) is 3. The standard InChI is InChI=1S/C24H26N2O5/c1-14(23(28)29)25-22(27)15-10-11-16(12-15)26-24(30)31-13-21-19-8-4-2-6-17(19)18-7-3-5-9-20(18)21/h2-9,14-16,21H,10-13H2,1H3,(H,25,27)(H,26,30)(H,28,29)/t14-,15+,16-/m0/s1. The number of alkyl carbamates (subject to hydrolysis) is 1. The number of rotatable bonds is 6. The van der Waals surface area contributed by atoms with Crippen LogP contribution in [0.25, 0.3) is 11.1 Å². The number of carboxylic acid groups (broad SMARTS) is 1. The van der Waals surface area contributed by atoms with E-state index in [1.807, 2.05) is 24.3 Å². The van der Waals surface area contributed by atoms with Gasteiger partial charge in [0.15, 0.2) is 0 Å². The van der Waals surface area contributed by atoms with Gasteiger partial charge in [-0.1, -0.05) is 48.5 Å². The van der Waals surface area contributed by atoms with Gasteiger partial charge in [0.25, 0.3) is 0 Å². The highest BCUT2D eigenvalue weighted by Crippen LogP contribution is 2.44. The zero-order chi connectivity index (χ0) is 22.0. The highest BCUT2D eigenvalue weighted by atomic mass is 16.5. The molecule has 7 nitrogen and oxygen atoms in total. The number of fused-ring (bicyclic) bond motifs is 3. The number of carbonyl (C=O) groups excluding carboxylic acids is 2. The number of carbonyl (C=O) groups is 3. The Hall–Kier alpha value is -3.35. The molecule has 0 radical (unpaired) electrons. The molecule has 4 rings (SSSR count). The summed E-state index contributed by atoms with van der Waals surface area (Å²) in [5.74, 6) is -1.66. The van der Waals surface area contributed by atoms with E-state index in [9.17, 15) is 14.4 Å². The molecule has 7 heteroatoms. The third-order valence-electron chi connectivity index (χ3n) is 6.20. The molecule has 0 heterocycles. The lowest BCUT2D eigenvalue weighted by Gasteiger charge is -2.17. The van der Waals surface area contributed by atoms with E-state index in [-0.39, 0.29) is 30.4 Å². The van der Waals surface area contributed by atoms with Gasteiger partial charge in [0, 0.05) is 17.9 Å². The summed E-state index contributed by atoms with van der Waals surface area (Å²) in [5, 5.41) is 14.3. The zero-order valence-electron chi connectivity index (χ0n) is 17.3. The second-order valence-corrected chi connectivity index (χ2v) is 8.25. The highest BCUT2D eigenvalue weighted by Gasteiger charge is 2.33. The Kier molecular flexibility index (Phi) is 5.93. The van der Waals surface area contributed by atoms with E-state index in [1.165, 1.54) is 18.1 Å². The van der Waals surface area contributed by atoms with Crippen molar-refractivity contribution in [1.82, 2.24) is 10.6 Å². The molecule has 2 amide bonds. The average molecular weight is 422 g/mol. The number of amides is 2. The molecule has 0 saturated heterocycles. The highest BCUT2D eigenvalue weighted by molar-refractivity contribution is 5.85. The minimum absolute atomic E-state index is 0.00207. The van der Waals surface area contributed by atoms with Crippen molar-refractivity contribution in [3.8, 4) is 11.1 Å². The molecule has 0 aromatic heterocycles. The summed E-state index contributed by atoms with van der Waals surface area (Å²) in [6.07, 6.45) is 1.24. The van der Waals surface area contributed by atoms with Crippen molar-refractivity contribution in [3.05, 3.63) is 59.7 Å². The van der Waals surface area contributed by atoms with E-state index in [1.54, 1.807) is 0 Å². The smallest absolute Gasteiger partial charge is 0.407 e. The first-order valence-corrected chi connectivity index (χ1v) is 10.6. The number of nitrogens with one attached hydrogen (secondary N) is 2. The van der Waals surface area contributed by atoms with Crippen LogP contribution in [0.2, 0.25) is 0 Å². The van der Waals surface area contributed by atoms with Gasteiger partial charge in [0.05, 0.1) is 0 Å². The van der Waals surface area contributed by atoms with Gasteiger partial charge in [-0.25, -0.2) is 4.79 Å².